The first kappa shape index (κ1) is 12.8. The Hall–Kier alpha value is -1.65. The van der Waals surface area contributed by atoms with E-state index in [1.54, 1.807) is 12.4 Å². The number of carbonyl (C=O) groups excluding carboxylic acids is 1. The first-order chi connectivity index (χ1) is 8.48. The van der Waals surface area contributed by atoms with Crippen LogP contribution in [0.3, 0.4) is 0 Å². The zero-order valence-corrected chi connectivity index (χ0v) is 11.3. The van der Waals surface area contributed by atoms with Crippen LogP contribution >= 0.6 is 0 Å². The highest BCUT2D eigenvalue weighted by molar-refractivity contribution is 5.81. The summed E-state index contributed by atoms with van der Waals surface area (Å²) in [6.07, 6.45) is 3.49. The molecule has 18 heavy (non-hydrogen) atoms. The van der Waals surface area contributed by atoms with Gasteiger partial charge in [-0.05, 0) is 6.07 Å². The summed E-state index contributed by atoms with van der Waals surface area (Å²) in [7, 11) is 0. The minimum Gasteiger partial charge on any atom is -0.339 e. The van der Waals surface area contributed by atoms with Gasteiger partial charge in [-0.1, -0.05) is 20.8 Å². The molecule has 5 heteroatoms. The molecule has 0 aliphatic carbocycles. The monoisotopic (exact) mass is 248 g/mol. The molecule has 1 amide bonds. The van der Waals surface area contributed by atoms with Gasteiger partial charge >= 0.3 is 0 Å². The third kappa shape index (κ3) is 2.78. The Morgan fingerprint density at radius 3 is 2.17 bits per heavy atom. The van der Waals surface area contributed by atoms with Gasteiger partial charge in [0.2, 0.25) is 11.9 Å². The van der Waals surface area contributed by atoms with E-state index in [0.29, 0.717) is 0 Å². The molecule has 0 saturated carbocycles. The van der Waals surface area contributed by atoms with E-state index in [0.717, 1.165) is 32.1 Å². The molecule has 2 heterocycles. The average molecular weight is 248 g/mol. The van der Waals surface area contributed by atoms with Crippen molar-refractivity contribution in [3.63, 3.8) is 0 Å². The van der Waals surface area contributed by atoms with E-state index in [-0.39, 0.29) is 11.3 Å². The van der Waals surface area contributed by atoms with E-state index in [1.807, 2.05) is 31.7 Å². The lowest BCUT2D eigenvalue weighted by Gasteiger charge is -2.37. The zero-order valence-electron chi connectivity index (χ0n) is 11.3. The van der Waals surface area contributed by atoms with Crippen molar-refractivity contribution in [3.05, 3.63) is 18.5 Å². The average Bonchev–Trinajstić information content (AvgIpc) is 2.38. The summed E-state index contributed by atoms with van der Waals surface area (Å²) in [5.41, 5.74) is -0.300. The first-order valence-electron chi connectivity index (χ1n) is 6.30. The smallest absolute Gasteiger partial charge is 0.228 e. The molecule has 0 aromatic carbocycles. The zero-order chi connectivity index (χ0) is 13.2. The lowest BCUT2D eigenvalue weighted by Crippen LogP contribution is -2.52. The van der Waals surface area contributed by atoms with Crippen LogP contribution in [0, 0.1) is 5.41 Å². The third-order valence-electron chi connectivity index (χ3n) is 3.04. The second-order valence-electron chi connectivity index (χ2n) is 5.58. The second-order valence-corrected chi connectivity index (χ2v) is 5.58. The number of rotatable bonds is 1. The molecular formula is C13H20N4O. The molecule has 2 rings (SSSR count). The molecule has 1 fully saturated rings. The van der Waals surface area contributed by atoms with Crippen LogP contribution < -0.4 is 4.90 Å². The number of amides is 1. The van der Waals surface area contributed by atoms with Crippen LogP contribution in [0.15, 0.2) is 18.5 Å². The van der Waals surface area contributed by atoms with Crippen LogP contribution in [0.5, 0.6) is 0 Å². The SMILES string of the molecule is CC(C)(C)C(=O)N1CCN(c2ncccn2)CC1. The highest BCUT2D eigenvalue weighted by Crippen LogP contribution is 2.19. The van der Waals surface area contributed by atoms with Crippen LogP contribution in [0.25, 0.3) is 0 Å². The fourth-order valence-corrected chi connectivity index (χ4v) is 2.04. The predicted molar refractivity (Wildman–Crippen MR) is 70.3 cm³/mol. The van der Waals surface area contributed by atoms with Gasteiger partial charge in [0.15, 0.2) is 0 Å². The molecule has 0 spiro atoms. The van der Waals surface area contributed by atoms with Gasteiger partial charge in [0, 0.05) is 44.0 Å². The maximum Gasteiger partial charge on any atom is 0.228 e. The summed E-state index contributed by atoms with van der Waals surface area (Å²) in [5.74, 6) is 0.969. The predicted octanol–water partition coefficient (Wildman–Crippen LogP) is 1.17. The van der Waals surface area contributed by atoms with Crippen LogP contribution in [-0.4, -0.2) is 47.0 Å². The van der Waals surface area contributed by atoms with Gasteiger partial charge in [0.05, 0.1) is 0 Å². The Bertz CT molecular complexity index is 405. The molecule has 1 aromatic heterocycles. The van der Waals surface area contributed by atoms with Crippen molar-refractivity contribution in [2.75, 3.05) is 31.1 Å². The summed E-state index contributed by atoms with van der Waals surface area (Å²) in [6, 6.07) is 1.81. The largest absolute Gasteiger partial charge is 0.339 e. The van der Waals surface area contributed by atoms with Gasteiger partial charge in [-0.2, -0.15) is 0 Å². The van der Waals surface area contributed by atoms with Crippen molar-refractivity contribution < 1.29 is 4.79 Å². The number of hydrogen-bond donors (Lipinski definition) is 0. The topological polar surface area (TPSA) is 49.3 Å². The molecule has 5 nitrogen and oxygen atoms in total. The Morgan fingerprint density at radius 2 is 1.67 bits per heavy atom. The lowest BCUT2D eigenvalue weighted by atomic mass is 9.94. The van der Waals surface area contributed by atoms with Crippen LogP contribution in [0.2, 0.25) is 0 Å². The van der Waals surface area contributed by atoms with Crippen molar-refractivity contribution >= 4 is 11.9 Å². The molecule has 0 unspecified atom stereocenters. The molecular weight excluding hydrogens is 228 g/mol. The second kappa shape index (κ2) is 4.92. The third-order valence-corrected chi connectivity index (χ3v) is 3.04. The van der Waals surface area contributed by atoms with Crippen molar-refractivity contribution in [1.29, 1.82) is 0 Å². The number of piperazine rings is 1. The van der Waals surface area contributed by atoms with Gasteiger partial charge in [0.25, 0.3) is 0 Å². The van der Waals surface area contributed by atoms with Crippen LogP contribution in [-0.2, 0) is 4.79 Å². The quantitative estimate of drug-likeness (QED) is 0.748. The Morgan fingerprint density at radius 1 is 1.11 bits per heavy atom. The molecule has 0 atom stereocenters. The molecule has 1 saturated heterocycles. The van der Waals surface area contributed by atoms with Crippen LogP contribution in [0.1, 0.15) is 20.8 Å². The Labute approximate surface area is 108 Å². The summed E-state index contributed by atoms with van der Waals surface area (Å²) in [5, 5.41) is 0. The van der Waals surface area contributed by atoms with E-state index < -0.39 is 0 Å². The highest BCUT2D eigenvalue weighted by Gasteiger charge is 2.30. The number of aromatic nitrogens is 2. The minimum atomic E-state index is -0.300. The molecule has 98 valence electrons. The maximum absolute atomic E-state index is 12.1. The summed E-state index contributed by atoms with van der Waals surface area (Å²) >= 11 is 0. The lowest BCUT2D eigenvalue weighted by molar-refractivity contribution is -0.139. The van der Waals surface area contributed by atoms with E-state index in [9.17, 15) is 4.79 Å². The van der Waals surface area contributed by atoms with Gasteiger partial charge in [-0.25, -0.2) is 9.97 Å². The number of nitrogens with zero attached hydrogens (tertiary/aromatic N) is 4. The van der Waals surface area contributed by atoms with Gasteiger partial charge in [-0.3, -0.25) is 4.79 Å². The van der Waals surface area contributed by atoms with E-state index in [2.05, 4.69) is 14.9 Å². The van der Waals surface area contributed by atoms with E-state index in [4.69, 9.17) is 0 Å². The summed E-state index contributed by atoms with van der Waals surface area (Å²) in [6.45, 7) is 8.96. The number of anilines is 1. The maximum atomic E-state index is 12.1. The van der Waals surface area contributed by atoms with Crippen molar-refractivity contribution in [3.8, 4) is 0 Å². The summed E-state index contributed by atoms with van der Waals surface area (Å²) in [4.78, 5) is 24.7. The number of hydrogen-bond acceptors (Lipinski definition) is 4. The molecule has 0 bridgehead atoms. The molecule has 1 aliphatic rings. The van der Waals surface area contributed by atoms with Crippen molar-refractivity contribution in [2.45, 2.75) is 20.8 Å². The van der Waals surface area contributed by atoms with Gasteiger partial charge in [-0.15, -0.1) is 0 Å². The standard InChI is InChI=1S/C13H20N4O/c1-13(2,3)11(18)16-7-9-17(10-8-16)12-14-5-4-6-15-12/h4-6H,7-10H2,1-3H3. The molecule has 1 aromatic rings. The molecule has 0 N–H and O–H groups in total. The van der Waals surface area contributed by atoms with Gasteiger partial charge < -0.3 is 9.80 Å². The fourth-order valence-electron chi connectivity index (χ4n) is 2.04. The number of carbonyl (C=O) groups is 1. The normalized spacial score (nSPS) is 16.8. The van der Waals surface area contributed by atoms with Crippen LogP contribution in [0.4, 0.5) is 5.95 Å². The minimum absolute atomic E-state index is 0.219. The molecule has 1 aliphatic heterocycles. The van der Waals surface area contributed by atoms with Crippen molar-refractivity contribution in [1.82, 2.24) is 14.9 Å². The van der Waals surface area contributed by atoms with E-state index in [1.165, 1.54) is 0 Å². The summed E-state index contributed by atoms with van der Waals surface area (Å²) < 4.78 is 0. The fraction of sp³-hybridized carbons (Fsp3) is 0.615. The molecule has 0 radical (unpaired) electrons. The Kier molecular flexibility index (Phi) is 3.50. The van der Waals surface area contributed by atoms with Gasteiger partial charge in [0.1, 0.15) is 0 Å². The first-order valence-corrected chi connectivity index (χ1v) is 6.30. The Balaban J connectivity index is 1.95. The highest BCUT2D eigenvalue weighted by atomic mass is 16.2. The van der Waals surface area contributed by atoms with E-state index >= 15 is 0 Å². The van der Waals surface area contributed by atoms with Crippen molar-refractivity contribution in [2.24, 2.45) is 5.41 Å².